The van der Waals surface area contributed by atoms with Crippen molar-refractivity contribution < 1.29 is 13.9 Å². The largest absolute Gasteiger partial charge is 0.395 e. The molecule has 2 unspecified atom stereocenters. The second kappa shape index (κ2) is 5.37. The van der Waals surface area contributed by atoms with Gasteiger partial charge in [0.1, 0.15) is 11.6 Å². The zero-order valence-electron chi connectivity index (χ0n) is 9.72. The van der Waals surface area contributed by atoms with Gasteiger partial charge < -0.3 is 10.4 Å². The van der Waals surface area contributed by atoms with Crippen molar-refractivity contribution in [2.24, 2.45) is 0 Å². The van der Waals surface area contributed by atoms with E-state index in [0.29, 0.717) is 5.56 Å². The lowest BCUT2D eigenvalue weighted by atomic mass is 10.0. The summed E-state index contributed by atoms with van der Waals surface area (Å²) in [7, 11) is 0. The second-order valence-corrected chi connectivity index (χ2v) is 4.09. The third kappa shape index (κ3) is 3.00. The molecule has 2 atom stereocenters. The summed E-state index contributed by atoms with van der Waals surface area (Å²) < 4.78 is 26.9. The van der Waals surface area contributed by atoms with Gasteiger partial charge in [-0.3, -0.25) is 0 Å². The first-order valence-electron chi connectivity index (χ1n) is 5.28. The van der Waals surface area contributed by atoms with E-state index >= 15 is 0 Å². The maximum absolute atomic E-state index is 13.6. The molecule has 0 heterocycles. The molecule has 0 radical (unpaired) electrons. The average molecular weight is 229 g/mol. The number of rotatable bonds is 4. The van der Waals surface area contributed by atoms with Crippen molar-refractivity contribution in [2.75, 3.05) is 6.61 Å². The van der Waals surface area contributed by atoms with Crippen LogP contribution in [0, 0.1) is 18.6 Å². The van der Waals surface area contributed by atoms with E-state index in [1.165, 1.54) is 19.1 Å². The van der Waals surface area contributed by atoms with Gasteiger partial charge in [0.15, 0.2) is 0 Å². The van der Waals surface area contributed by atoms with Crippen molar-refractivity contribution in [3.63, 3.8) is 0 Å². The van der Waals surface area contributed by atoms with Crippen LogP contribution in [0.15, 0.2) is 12.1 Å². The average Bonchev–Trinajstić information content (AvgIpc) is 2.23. The SMILES string of the molecule is Cc1cc(F)c(C(C)NC(C)CO)cc1F. The molecule has 90 valence electrons. The van der Waals surface area contributed by atoms with Gasteiger partial charge >= 0.3 is 0 Å². The number of halogens is 2. The predicted octanol–water partition coefficient (Wildman–Crippen LogP) is 2.30. The Kier molecular flexibility index (Phi) is 4.38. The molecule has 16 heavy (non-hydrogen) atoms. The van der Waals surface area contributed by atoms with Crippen molar-refractivity contribution in [1.29, 1.82) is 0 Å². The van der Waals surface area contributed by atoms with Crippen LogP contribution in [0.1, 0.15) is 31.0 Å². The van der Waals surface area contributed by atoms with Gasteiger partial charge in [0.05, 0.1) is 6.61 Å². The van der Waals surface area contributed by atoms with Crippen molar-refractivity contribution in [1.82, 2.24) is 5.32 Å². The van der Waals surface area contributed by atoms with E-state index in [-0.39, 0.29) is 24.3 Å². The Morgan fingerprint density at radius 1 is 1.25 bits per heavy atom. The topological polar surface area (TPSA) is 32.3 Å². The summed E-state index contributed by atoms with van der Waals surface area (Å²) in [5.74, 6) is -0.842. The summed E-state index contributed by atoms with van der Waals surface area (Å²) in [4.78, 5) is 0. The van der Waals surface area contributed by atoms with Gasteiger partial charge in [-0.05, 0) is 38.5 Å². The lowest BCUT2D eigenvalue weighted by molar-refractivity contribution is 0.242. The molecule has 0 aliphatic heterocycles. The highest BCUT2D eigenvalue weighted by atomic mass is 19.1. The van der Waals surface area contributed by atoms with Crippen LogP contribution in [0.5, 0.6) is 0 Å². The Hall–Kier alpha value is -1.00. The molecule has 4 heteroatoms. The zero-order chi connectivity index (χ0) is 12.3. The van der Waals surface area contributed by atoms with Gasteiger partial charge in [-0.25, -0.2) is 8.78 Å². The molecule has 2 nitrogen and oxygen atoms in total. The molecule has 1 aromatic rings. The first kappa shape index (κ1) is 13.1. The third-order valence-corrected chi connectivity index (χ3v) is 2.55. The Balaban J connectivity index is 2.91. The molecule has 0 aliphatic carbocycles. The molecule has 0 amide bonds. The Labute approximate surface area is 94.3 Å². The highest BCUT2D eigenvalue weighted by Crippen LogP contribution is 2.20. The van der Waals surface area contributed by atoms with Crippen molar-refractivity contribution in [3.8, 4) is 0 Å². The summed E-state index contributed by atoms with van der Waals surface area (Å²) in [6.07, 6.45) is 0. The highest BCUT2D eigenvalue weighted by Gasteiger charge is 2.15. The third-order valence-electron chi connectivity index (χ3n) is 2.55. The Morgan fingerprint density at radius 2 is 1.88 bits per heavy atom. The maximum atomic E-state index is 13.6. The van der Waals surface area contributed by atoms with E-state index in [1.54, 1.807) is 13.8 Å². The Morgan fingerprint density at radius 3 is 2.44 bits per heavy atom. The van der Waals surface area contributed by atoms with Crippen molar-refractivity contribution in [2.45, 2.75) is 32.9 Å². The lowest BCUT2D eigenvalue weighted by Gasteiger charge is -2.19. The monoisotopic (exact) mass is 229 g/mol. The highest BCUT2D eigenvalue weighted by molar-refractivity contribution is 5.27. The summed E-state index contributed by atoms with van der Waals surface area (Å²) in [6.45, 7) is 5.00. The quantitative estimate of drug-likeness (QED) is 0.830. The molecule has 1 rings (SSSR count). The number of aryl methyl sites for hydroxylation is 1. The summed E-state index contributed by atoms with van der Waals surface area (Å²) in [5.41, 5.74) is 0.576. The lowest BCUT2D eigenvalue weighted by Crippen LogP contribution is -2.32. The first-order chi connectivity index (χ1) is 7.45. The van der Waals surface area contributed by atoms with Gasteiger partial charge in [-0.2, -0.15) is 0 Å². The Bertz CT molecular complexity index is 368. The van der Waals surface area contributed by atoms with E-state index in [0.717, 1.165) is 0 Å². The fraction of sp³-hybridized carbons (Fsp3) is 0.500. The van der Waals surface area contributed by atoms with Crippen molar-refractivity contribution in [3.05, 3.63) is 34.9 Å². The van der Waals surface area contributed by atoms with Gasteiger partial charge in [-0.1, -0.05) is 0 Å². The van der Waals surface area contributed by atoms with Crippen LogP contribution >= 0.6 is 0 Å². The molecule has 1 aromatic carbocycles. The van der Waals surface area contributed by atoms with Gasteiger partial charge in [0.25, 0.3) is 0 Å². The van der Waals surface area contributed by atoms with E-state index in [1.807, 2.05) is 0 Å². The van der Waals surface area contributed by atoms with Crippen LogP contribution in [-0.2, 0) is 0 Å². The summed E-state index contributed by atoms with van der Waals surface area (Å²) >= 11 is 0. The van der Waals surface area contributed by atoms with E-state index in [9.17, 15) is 8.78 Å². The van der Waals surface area contributed by atoms with Crippen LogP contribution in [0.2, 0.25) is 0 Å². The number of aliphatic hydroxyl groups excluding tert-OH is 1. The number of benzene rings is 1. The van der Waals surface area contributed by atoms with E-state index in [4.69, 9.17) is 5.11 Å². The standard InChI is InChI=1S/C12H17F2NO/c1-7-4-12(14)10(5-11(7)13)9(3)15-8(2)6-16/h4-5,8-9,15-16H,6H2,1-3H3. The molecule has 0 spiro atoms. The van der Waals surface area contributed by atoms with Crippen LogP contribution in [0.3, 0.4) is 0 Å². The van der Waals surface area contributed by atoms with Gasteiger partial charge in [-0.15, -0.1) is 0 Å². The molecular formula is C12H17F2NO. The van der Waals surface area contributed by atoms with Crippen molar-refractivity contribution >= 4 is 0 Å². The number of hydrogen-bond donors (Lipinski definition) is 2. The fourth-order valence-corrected chi connectivity index (χ4v) is 1.56. The normalized spacial score (nSPS) is 14.9. The minimum Gasteiger partial charge on any atom is -0.395 e. The molecule has 0 fully saturated rings. The molecule has 0 aromatic heterocycles. The van der Waals surface area contributed by atoms with Crippen LogP contribution in [-0.4, -0.2) is 17.8 Å². The minimum atomic E-state index is -0.427. The zero-order valence-corrected chi connectivity index (χ0v) is 9.72. The number of hydrogen-bond acceptors (Lipinski definition) is 2. The number of aliphatic hydroxyl groups is 1. The maximum Gasteiger partial charge on any atom is 0.128 e. The molecular weight excluding hydrogens is 212 g/mol. The fourth-order valence-electron chi connectivity index (χ4n) is 1.56. The van der Waals surface area contributed by atoms with Gasteiger partial charge in [0, 0.05) is 17.6 Å². The molecule has 0 saturated carbocycles. The molecule has 0 saturated heterocycles. The summed E-state index contributed by atoms with van der Waals surface area (Å²) in [5, 5.41) is 11.8. The predicted molar refractivity (Wildman–Crippen MR) is 59.2 cm³/mol. The summed E-state index contributed by atoms with van der Waals surface area (Å²) in [6, 6.07) is 1.90. The van der Waals surface area contributed by atoms with Crippen LogP contribution in [0.25, 0.3) is 0 Å². The molecule has 2 N–H and O–H groups in total. The van der Waals surface area contributed by atoms with Crippen LogP contribution < -0.4 is 5.32 Å². The van der Waals surface area contributed by atoms with E-state index < -0.39 is 11.6 Å². The van der Waals surface area contributed by atoms with Crippen LogP contribution in [0.4, 0.5) is 8.78 Å². The molecule has 0 aliphatic rings. The van der Waals surface area contributed by atoms with E-state index in [2.05, 4.69) is 5.32 Å². The van der Waals surface area contributed by atoms with Gasteiger partial charge in [0.2, 0.25) is 0 Å². The second-order valence-electron chi connectivity index (χ2n) is 4.09. The minimum absolute atomic E-state index is 0.0414. The molecule has 0 bridgehead atoms. The smallest absolute Gasteiger partial charge is 0.128 e. The number of nitrogens with one attached hydrogen (secondary N) is 1. The first-order valence-corrected chi connectivity index (χ1v) is 5.28.